The predicted molar refractivity (Wildman–Crippen MR) is 95.4 cm³/mol. The molecular weight excluding hydrogens is 345 g/mol. The van der Waals surface area contributed by atoms with Gasteiger partial charge in [0, 0.05) is 24.0 Å². The Morgan fingerprint density at radius 2 is 1.96 bits per heavy atom. The summed E-state index contributed by atoms with van der Waals surface area (Å²) >= 11 is 5.69. The van der Waals surface area contributed by atoms with Crippen molar-refractivity contribution >= 4 is 29.1 Å². The van der Waals surface area contributed by atoms with Crippen LogP contribution in [0.1, 0.15) is 41.1 Å². The van der Waals surface area contributed by atoms with Gasteiger partial charge in [-0.3, -0.25) is 14.6 Å². The largest absolute Gasteiger partial charge is 0.351 e. The number of carbonyl (C=O) groups is 2. The summed E-state index contributed by atoms with van der Waals surface area (Å²) in [4.78, 5) is 28.3. The molecule has 0 fully saturated rings. The lowest BCUT2D eigenvalue weighted by Gasteiger charge is -2.09. The van der Waals surface area contributed by atoms with Crippen LogP contribution in [0, 0.1) is 11.7 Å². The third-order valence-electron chi connectivity index (χ3n) is 3.44. The lowest BCUT2D eigenvalue weighted by molar-refractivity contribution is 0.0947. The molecule has 0 radical (unpaired) electrons. The maximum absolute atomic E-state index is 13.2. The second kappa shape index (κ2) is 8.58. The third kappa shape index (κ3) is 5.53. The van der Waals surface area contributed by atoms with Crippen molar-refractivity contribution in [1.82, 2.24) is 10.3 Å². The number of amides is 2. The van der Waals surface area contributed by atoms with E-state index in [1.165, 1.54) is 30.5 Å². The average molecular weight is 364 g/mol. The standard InChI is InChI=1S/C18H19ClFN3O2/c1-11(2)5-7-22-18(25)16-9-12(6-8-21-16)17(24)23-13-3-4-15(20)14(19)10-13/h3-4,6,8-11H,5,7H2,1-2H3,(H,22,25)(H,23,24). The molecule has 0 aliphatic heterocycles. The van der Waals surface area contributed by atoms with Gasteiger partial charge in [0.1, 0.15) is 11.5 Å². The first kappa shape index (κ1) is 18.9. The second-order valence-corrected chi connectivity index (χ2v) is 6.36. The van der Waals surface area contributed by atoms with E-state index < -0.39 is 11.7 Å². The number of halogens is 2. The van der Waals surface area contributed by atoms with Crippen molar-refractivity contribution in [2.45, 2.75) is 20.3 Å². The fourth-order valence-corrected chi connectivity index (χ4v) is 2.22. The van der Waals surface area contributed by atoms with Gasteiger partial charge in [0.25, 0.3) is 11.8 Å². The Labute approximate surface area is 150 Å². The summed E-state index contributed by atoms with van der Waals surface area (Å²) < 4.78 is 13.2. The fraction of sp³-hybridized carbons (Fsp3) is 0.278. The molecule has 0 saturated heterocycles. The van der Waals surface area contributed by atoms with Crippen LogP contribution in [0.25, 0.3) is 0 Å². The van der Waals surface area contributed by atoms with Crippen molar-refractivity contribution in [3.8, 4) is 0 Å². The Morgan fingerprint density at radius 1 is 1.20 bits per heavy atom. The molecule has 2 N–H and O–H groups in total. The molecule has 2 amide bonds. The first-order valence-corrected chi connectivity index (χ1v) is 8.25. The lowest BCUT2D eigenvalue weighted by atomic mass is 10.1. The fourth-order valence-electron chi connectivity index (χ4n) is 2.04. The van der Waals surface area contributed by atoms with Crippen LogP contribution >= 0.6 is 11.6 Å². The van der Waals surface area contributed by atoms with E-state index in [9.17, 15) is 14.0 Å². The molecular formula is C18H19ClFN3O2. The topological polar surface area (TPSA) is 71.1 Å². The highest BCUT2D eigenvalue weighted by Crippen LogP contribution is 2.20. The van der Waals surface area contributed by atoms with Crippen molar-refractivity contribution < 1.29 is 14.0 Å². The first-order chi connectivity index (χ1) is 11.9. The van der Waals surface area contributed by atoms with Gasteiger partial charge >= 0.3 is 0 Å². The number of aromatic nitrogens is 1. The van der Waals surface area contributed by atoms with Crippen molar-refractivity contribution in [3.05, 3.63) is 58.6 Å². The summed E-state index contributed by atoms with van der Waals surface area (Å²) in [7, 11) is 0. The van der Waals surface area contributed by atoms with Crippen LogP contribution < -0.4 is 10.6 Å². The number of rotatable bonds is 6. The molecule has 0 aliphatic rings. The maximum Gasteiger partial charge on any atom is 0.269 e. The summed E-state index contributed by atoms with van der Waals surface area (Å²) in [5.41, 5.74) is 0.786. The van der Waals surface area contributed by atoms with Gasteiger partial charge in [-0.05, 0) is 42.7 Å². The minimum absolute atomic E-state index is 0.0854. The number of carbonyl (C=O) groups excluding carboxylic acids is 2. The van der Waals surface area contributed by atoms with Gasteiger partial charge in [-0.15, -0.1) is 0 Å². The smallest absolute Gasteiger partial charge is 0.269 e. The molecule has 0 saturated carbocycles. The molecule has 0 unspecified atom stereocenters. The average Bonchev–Trinajstić information content (AvgIpc) is 2.58. The van der Waals surface area contributed by atoms with E-state index in [1.54, 1.807) is 0 Å². The molecule has 25 heavy (non-hydrogen) atoms. The van der Waals surface area contributed by atoms with Crippen molar-refractivity contribution in [2.24, 2.45) is 5.92 Å². The van der Waals surface area contributed by atoms with Gasteiger partial charge < -0.3 is 10.6 Å². The minimum Gasteiger partial charge on any atom is -0.351 e. The number of nitrogens with zero attached hydrogens (tertiary/aromatic N) is 1. The first-order valence-electron chi connectivity index (χ1n) is 7.87. The van der Waals surface area contributed by atoms with E-state index in [1.807, 2.05) is 0 Å². The van der Waals surface area contributed by atoms with Crippen LogP contribution in [0.15, 0.2) is 36.5 Å². The molecule has 7 heteroatoms. The summed E-state index contributed by atoms with van der Waals surface area (Å²) in [6, 6.07) is 6.78. The lowest BCUT2D eigenvalue weighted by Crippen LogP contribution is -2.26. The van der Waals surface area contributed by atoms with E-state index in [4.69, 9.17) is 11.6 Å². The molecule has 2 aromatic rings. The van der Waals surface area contributed by atoms with Crippen molar-refractivity contribution in [1.29, 1.82) is 0 Å². The summed E-state index contributed by atoms with van der Waals surface area (Å²) in [6.45, 7) is 4.68. The molecule has 0 atom stereocenters. The zero-order chi connectivity index (χ0) is 18.4. The third-order valence-corrected chi connectivity index (χ3v) is 3.73. The van der Waals surface area contributed by atoms with E-state index in [2.05, 4.69) is 29.5 Å². The molecule has 0 spiro atoms. The molecule has 5 nitrogen and oxygen atoms in total. The van der Waals surface area contributed by atoms with E-state index in [-0.39, 0.29) is 22.2 Å². The molecule has 0 bridgehead atoms. The normalized spacial score (nSPS) is 10.6. The SMILES string of the molecule is CC(C)CCNC(=O)c1cc(C(=O)Nc2ccc(F)c(Cl)c2)ccn1. The van der Waals surface area contributed by atoms with Crippen LogP contribution in [0.4, 0.5) is 10.1 Å². The van der Waals surface area contributed by atoms with Gasteiger partial charge in [0.2, 0.25) is 0 Å². The van der Waals surface area contributed by atoms with Crippen molar-refractivity contribution in [2.75, 3.05) is 11.9 Å². The highest BCUT2D eigenvalue weighted by molar-refractivity contribution is 6.31. The molecule has 1 aromatic carbocycles. The molecule has 1 heterocycles. The Hall–Kier alpha value is -2.47. The van der Waals surface area contributed by atoms with E-state index in [0.29, 0.717) is 18.2 Å². The highest BCUT2D eigenvalue weighted by atomic mass is 35.5. The minimum atomic E-state index is -0.566. The second-order valence-electron chi connectivity index (χ2n) is 5.95. The van der Waals surface area contributed by atoms with Gasteiger partial charge in [-0.1, -0.05) is 25.4 Å². The molecule has 132 valence electrons. The number of anilines is 1. The molecule has 2 rings (SSSR count). The summed E-state index contributed by atoms with van der Waals surface area (Å²) in [5, 5.41) is 5.28. The Balaban J connectivity index is 2.05. The van der Waals surface area contributed by atoms with E-state index >= 15 is 0 Å². The number of benzene rings is 1. The van der Waals surface area contributed by atoms with Gasteiger partial charge in [0.15, 0.2) is 0 Å². The van der Waals surface area contributed by atoms with Crippen molar-refractivity contribution in [3.63, 3.8) is 0 Å². The molecule has 1 aromatic heterocycles. The number of hydrogen-bond acceptors (Lipinski definition) is 3. The Morgan fingerprint density at radius 3 is 2.64 bits per heavy atom. The van der Waals surface area contributed by atoms with Crippen LogP contribution in [0.3, 0.4) is 0 Å². The quantitative estimate of drug-likeness (QED) is 0.817. The van der Waals surface area contributed by atoms with Crippen LogP contribution in [-0.4, -0.2) is 23.3 Å². The summed E-state index contributed by atoms with van der Waals surface area (Å²) in [6.07, 6.45) is 2.25. The monoisotopic (exact) mass is 363 g/mol. The Kier molecular flexibility index (Phi) is 6.47. The maximum atomic E-state index is 13.2. The number of pyridine rings is 1. The van der Waals surface area contributed by atoms with Crippen LogP contribution in [0.5, 0.6) is 0 Å². The van der Waals surface area contributed by atoms with Gasteiger partial charge in [-0.2, -0.15) is 0 Å². The number of nitrogens with one attached hydrogen (secondary N) is 2. The molecule has 0 aliphatic carbocycles. The predicted octanol–water partition coefficient (Wildman–Crippen LogP) is 3.90. The zero-order valence-electron chi connectivity index (χ0n) is 14.0. The summed E-state index contributed by atoms with van der Waals surface area (Å²) in [5.74, 6) is -0.863. The number of hydrogen-bond donors (Lipinski definition) is 2. The Bertz CT molecular complexity index is 781. The van der Waals surface area contributed by atoms with Gasteiger partial charge in [0.05, 0.1) is 5.02 Å². The zero-order valence-corrected chi connectivity index (χ0v) is 14.7. The van der Waals surface area contributed by atoms with Gasteiger partial charge in [-0.25, -0.2) is 4.39 Å². The highest BCUT2D eigenvalue weighted by Gasteiger charge is 2.12. The van der Waals surface area contributed by atoms with E-state index in [0.717, 1.165) is 12.5 Å². The van der Waals surface area contributed by atoms with Crippen LogP contribution in [-0.2, 0) is 0 Å². The van der Waals surface area contributed by atoms with Crippen LogP contribution in [0.2, 0.25) is 5.02 Å².